The Bertz CT molecular complexity index is 1710. The molecule has 1 saturated heterocycles. The van der Waals surface area contributed by atoms with Crippen LogP contribution in [0.2, 0.25) is 0 Å². The maximum Gasteiger partial charge on any atom is 0.323 e. The fourth-order valence-corrected chi connectivity index (χ4v) is 14.2. The van der Waals surface area contributed by atoms with Crippen LogP contribution in [0.5, 0.6) is 0 Å². The normalized spacial score (nSPS) is 14.6. The third-order valence-electron chi connectivity index (χ3n) is 20.3. The van der Waals surface area contributed by atoms with Gasteiger partial charge in [-0.1, -0.05) is 312 Å². The summed E-state index contributed by atoms with van der Waals surface area (Å²) in [4.78, 5) is 59.3. The van der Waals surface area contributed by atoms with Crippen molar-refractivity contribution in [2.45, 2.75) is 477 Å². The summed E-state index contributed by atoms with van der Waals surface area (Å²) in [6, 6.07) is -0.498. The first-order valence-electron chi connectivity index (χ1n) is 42.3. The third-order valence-corrected chi connectivity index (χ3v) is 20.3. The molecule has 1 heterocycles. The Balaban J connectivity index is 3.11. The summed E-state index contributed by atoms with van der Waals surface area (Å²) < 4.78 is 40.1. The molecule has 0 saturated carbocycles. The maximum absolute atomic E-state index is 14.2. The monoisotopic (exact) mass is 1360 g/mol. The second-order valence-electron chi connectivity index (χ2n) is 30.1. The summed E-state index contributed by atoms with van der Waals surface area (Å²) >= 11 is 0. The molecule has 2 atom stereocenters. The second kappa shape index (κ2) is 64.8. The highest BCUT2D eigenvalue weighted by Crippen LogP contribution is 2.36. The number of unbranched alkanes of at least 4 members (excludes halogenated alkanes) is 38. The molecule has 96 heavy (non-hydrogen) atoms. The van der Waals surface area contributed by atoms with Crippen LogP contribution in [-0.4, -0.2) is 110 Å². The van der Waals surface area contributed by atoms with E-state index in [1.165, 1.54) is 180 Å². The van der Waals surface area contributed by atoms with Gasteiger partial charge >= 0.3 is 23.9 Å². The number of esters is 4. The standard InChI is InChI=1S/C84H162N2O10/c1-11-19-27-35-40-49-61-76(62-50-41-36-28-20-12-2)94-84(68-55-43-37-29-21-13-3,69-56-44-38-30-22-14-4)95-80(88)63-51-42-39-45-58-72-91-82(90)78-73-77(92-79(87)65-71-85(9)10)74-86(78)70-57-46-52-64-81(89)96-83(66-53-33-25-17-7,67-54-34-26-18-8)93-75(59-47-31-23-15-5)60-48-32-24-16-6/h75-78H,11-74H2,1-10H3/t77?,78-/m0/s1. The Hall–Kier alpha value is -2.28. The Labute approximate surface area is 595 Å². The summed E-state index contributed by atoms with van der Waals surface area (Å²) in [5.41, 5.74) is 0. The Morgan fingerprint density at radius 3 is 1.06 bits per heavy atom. The van der Waals surface area contributed by atoms with Gasteiger partial charge in [0, 0.05) is 58.0 Å². The van der Waals surface area contributed by atoms with Gasteiger partial charge in [0.1, 0.15) is 12.1 Å². The molecule has 0 N–H and O–H groups in total. The summed E-state index contributed by atoms with van der Waals surface area (Å²) in [6.45, 7) is 20.2. The minimum absolute atomic E-state index is 0.0956. The van der Waals surface area contributed by atoms with Crippen molar-refractivity contribution < 1.29 is 47.6 Å². The average Bonchev–Trinajstić information content (AvgIpc) is 1.47. The molecule has 0 spiro atoms. The van der Waals surface area contributed by atoms with Crippen molar-refractivity contribution >= 4 is 23.9 Å². The van der Waals surface area contributed by atoms with E-state index in [1.807, 2.05) is 19.0 Å². The molecule has 1 aliphatic heterocycles. The Morgan fingerprint density at radius 2 is 0.688 bits per heavy atom. The van der Waals surface area contributed by atoms with Gasteiger partial charge in [0.05, 0.1) is 25.2 Å². The zero-order chi connectivity index (χ0) is 70.3. The fraction of sp³-hybridized carbons (Fsp3) is 0.952. The molecule has 568 valence electrons. The van der Waals surface area contributed by atoms with Crippen LogP contribution in [0.3, 0.4) is 0 Å². The van der Waals surface area contributed by atoms with Gasteiger partial charge in [-0.05, 0) is 97.7 Å². The molecular formula is C84H162N2O10. The summed E-state index contributed by atoms with van der Waals surface area (Å²) in [5, 5.41) is 0. The lowest BCUT2D eigenvalue weighted by atomic mass is 9.97. The van der Waals surface area contributed by atoms with Crippen molar-refractivity contribution in [3.05, 3.63) is 0 Å². The summed E-state index contributed by atoms with van der Waals surface area (Å²) in [5.74, 6) is -2.53. The van der Waals surface area contributed by atoms with E-state index < -0.39 is 17.6 Å². The molecule has 0 aromatic heterocycles. The molecule has 0 aromatic carbocycles. The van der Waals surface area contributed by atoms with Crippen LogP contribution in [0.1, 0.15) is 441 Å². The Morgan fingerprint density at radius 1 is 0.375 bits per heavy atom. The van der Waals surface area contributed by atoms with E-state index >= 15 is 0 Å². The minimum Gasteiger partial charge on any atom is -0.465 e. The first-order valence-corrected chi connectivity index (χ1v) is 42.3. The van der Waals surface area contributed by atoms with Crippen molar-refractivity contribution in [3.63, 3.8) is 0 Å². The molecule has 0 bridgehead atoms. The van der Waals surface area contributed by atoms with Crippen LogP contribution >= 0.6 is 0 Å². The number of ether oxygens (including phenoxy) is 6. The number of hydrogen-bond donors (Lipinski definition) is 0. The molecule has 0 radical (unpaired) electrons. The molecule has 1 aliphatic rings. The van der Waals surface area contributed by atoms with Crippen molar-refractivity contribution in [1.29, 1.82) is 0 Å². The lowest BCUT2D eigenvalue weighted by Gasteiger charge is -2.37. The lowest BCUT2D eigenvalue weighted by Crippen LogP contribution is -2.42. The van der Waals surface area contributed by atoms with Crippen LogP contribution < -0.4 is 0 Å². The number of likely N-dealkylation sites (tertiary alicyclic amines) is 1. The molecule has 12 heteroatoms. The zero-order valence-corrected chi connectivity index (χ0v) is 65.5. The summed E-state index contributed by atoms with van der Waals surface area (Å²) in [7, 11) is 3.89. The first kappa shape index (κ1) is 91.7. The molecule has 1 unspecified atom stereocenters. The van der Waals surface area contributed by atoms with E-state index in [1.54, 1.807) is 0 Å². The highest BCUT2D eigenvalue weighted by Gasteiger charge is 2.41. The largest absolute Gasteiger partial charge is 0.465 e. The number of carbonyl (C=O) groups is 4. The van der Waals surface area contributed by atoms with Gasteiger partial charge in [-0.25, -0.2) is 0 Å². The SMILES string of the molecule is CCCCCCCCC(CCCCCCCC)OC(CCCCCCCC)(CCCCCCCC)OC(=O)CCCCCCCOC(=O)[C@@H]1CC(OC(=O)CCN(C)C)CN1CCCCCC(=O)OC(CCCCCC)(CCCCCC)OC(CCCCCC)CCCCCC. The van der Waals surface area contributed by atoms with E-state index in [-0.39, 0.29) is 42.2 Å². The molecule has 0 aliphatic carbocycles. The third kappa shape index (κ3) is 51.0. The van der Waals surface area contributed by atoms with Crippen LogP contribution in [-0.2, 0) is 47.6 Å². The maximum atomic E-state index is 14.2. The van der Waals surface area contributed by atoms with Crippen molar-refractivity contribution in [2.24, 2.45) is 0 Å². The van der Waals surface area contributed by atoms with Gasteiger partial charge < -0.3 is 33.3 Å². The van der Waals surface area contributed by atoms with Crippen LogP contribution in [0, 0.1) is 0 Å². The van der Waals surface area contributed by atoms with Crippen molar-refractivity contribution in [1.82, 2.24) is 9.80 Å². The fourth-order valence-electron chi connectivity index (χ4n) is 14.2. The van der Waals surface area contributed by atoms with Crippen molar-refractivity contribution in [3.8, 4) is 0 Å². The topological polar surface area (TPSA) is 130 Å². The molecule has 1 rings (SSSR count). The van der Waals surface area contributed by atoms with E-state index in [4.69, 9.17) is 28.4 Å². The van der Waals surface area contributed by atoms with Gasteiger partial charge in [-0.15, -0.1) is 0 Å². The molecule has 0 amide bonds. The Kier molecular flexibility index (Phi) is 61.9. The van der Waals surface area contributed by atoms with Gasteiger partial charge in [0.15, 0.2) is 0 Å². The highest BCUT2D eigenvalue weighted by molar-refractivity contribution is 5.76. The van der Waals surface area contributed by atoms with E-state index in [0.29, 0.717) is 58.3 Å². The molecule has 0 aromatic rings. The van der Waals surface area contributed by atoms with Gasteiger partial charge in [0.25, 0.3) is 0 Å². The molecular weight excluding hydrogens is 1200 g/mol. The van der Waals surface area contributed by atoms with Gasteiger partial charge in [0.2, 0.25) is 11.6 Å². The number of rotatable bonds is 73. The first-order chi connectivity index (χ1) is 46.8. The number of nitrogens with zero attached hydrogens (tertiary/aromatic N) is 2. The predicted octanol–water partition coefficient (Wildman–Crippen LogP) is 24.5. The van der Waals surface area contributed by atoms with Crippen molar-refractivity contribution in [2.75, 3.05) is 40.3 Å². The van der Waals surface area contributed by atoms with Gasteiger partial charge in [-0.2, -0.15) is 0 Å². The average molecular weight is 1360 g/mol. The van der Waals surface area contributed by atoms with Gasteiger partial charge in [-0.3, -0.25) is 24.1 Å². The highest BCUT2D eigenvalue weighted by atomic mass is 16.7. The van der Waals surface area contributed by atoms with E-state index in [2.05, 4.69) is 60.3 Å². The van der Waals surface area contributed by atoms with Crippen LogP contribution in [0.4, 0.5) is 0 Å². The molecule has 1 fully saturated rings. The number of hydrogen-bond acceptors (Lipinski definition) is 12. The van der Waals surface area contributed by atoms with Crippen LogP contribution in [0.25, 0.3) is 0 Å². The quantitative estimate of drug-likeness (QED) is 0.0249. The zero-order valence-electron chi connectivity index (χ0n) is 65.5. The second-order valence-corrected chi connectivity index (χ2v) is 30.1. The van der Waals surface area contributed by atoms with Crippen LogP contribution in [0.15, 0.2) is 0 Å². The van der Waals surface area contributed by atoms with E-state index in [0.717, 1.165) is 173 Å². The lowest BCUT2D eigenvalue weighted by molar-refractivity contribution is -0.260. The number of carbonyl (C=O) groups excluding carboxylic acids is 4. The predicted molar refractivity (Wildman–Crippen MR) is 405 cm³/mol. The smallest absolute Gasteiger partial charge is 0.323 e. The summed E-state index contributed by atoms with van der Waals surface area (Å²) in [6.07, 6.45) is 63.0. The minimum atomic E-state index is -0.885. The molecule has 12 nitrogen and oxygen atoms in total. The van der Waals surface area contributed by atoms with E-state index in [9.17, 15) is 19.2 Å².